The van der Waals surface area contributed by atoms with Gasteiger partial charge in [-0.1, -0.05) is 60.7 Å². The summed E-state index contributed by atoms with van der Waals surface area (Å²) in [6.07, 6.45) is 1.79. The fourth-order valence-corrected chi connectivity index (χ4v) is 6.45. The number of nitrogens with one attached hydrogen (secondary N) is 1. The molecule has 0 aromatic heterocycles. The van der Waals surface area contributed by atoms with Crippen molar-refractivity contribution >= 4 is 5.70 Å². The van der Waals surface area contributed by atoms with Gasteiger partial charge in [0.15, 0.2) is 0 Å². The van der Waals surface area contributed by atoms with Gasteiger partial charge in [0.05, 0.1) is 0 Å². The van der Waals surface area contributed by atoms with Crippen LogP contribution in [0.3, 0.4) is 0 Å². The molecule has 3 aromatic rings. The lowest BCUT2D eigenvalue weighted by molar-refractivity contribution is -0.274. The Balaban J connectivity index is 1.21. The lowest BCUT2D eigenvalue weighted by Crippen LogP contribution is -2.43. The highest BCUT2D eigenvalue weighted by atomic mass is 19.4. The summed E-state index contributed by atoms with van der Waals surface area (Å²) in [5.74, 6) is 2.18. The van der Waals surface area contributed by atoms with Crippen molar-refractivity contribution in [2.75, 3.05) is 0 Å². The molecule has 3 atom stereocenters. The molecule has 0 radical (unpaired) electrons. The van der Waals surface area contributed by atoms with Crippen molar-refractivity contribution in [1.82, 2.24) is 10.2 Å². The summed E-state index contributed by atoms with van der Waals surface area (Å²) in [7, 11) is 0. The van der Waals surface area contributed by atoms with Crippen LogP contribution in [-0.2, 0) is 26.2 Å². The molecule has 2 fully saturated rings. The van der Waals surface area contributed by atoms with Crippen LogP contribution in [-0.4, -0.2) is 11.3 Å². The Morgan fingerprint density at radius 3 is 2.37 bits per heavy atom. The van der Waals surface area contributed by atoms with Gasteiger partial charge >= 0.3 is 6.36 Å². The summed E-state index contributed by atoms with van der Waals surface area (Å²) in [5, 5.41) is 3.57. The molecule has 3 aliphatic rings. The normalized spacial score (nSPS) is 23.0. The number of nitrogens with zero attached hydrogens (tertiary/aromatic N) is 1. The molecule has 2 saturated carbocycles. The van der Waals surface area contributed by atoms with Gasteiger partial charge in [-0.05, 0) is 83.9 Å². The zero-order chi connectivity index (χ0) is 26.3. The minimum Gasteiger partial charge on any atom is -0.406 e. The second kappa shape index (κ2) is 10.1. The average molecular weight is 519 g/mol. The van der Waals surface area contributed by atoms with Crippen LogP contribution in [0.15, 0.2) is 72.8 Å². The van der Waals surface area contributed by atoms with Gasteiger partial charge in [0.2, 0.25) is 0 Å². The van der Waals surface area contributed by atoms with Gasteiger partial charge in [-0.25, -0.2) is 0 Å². The van der Waals surface area contributed by atoms with E-state index >= 15 is 0 Å². The Kier molecular flexibility index (Phi) is 6.68. The smallest absolute Gasteiger partial charge is 0.406 e. The van der Waals surface area contributed by atoms with E-state index in [1.165, 1.54) is 64.9 Å². The first-order chi connectivity index (χ1) is 18.3. The molecule has 2 aliphatic carbocycles. The third-order valence-corrected chi connectivity index (χ3v) is 8.44. The third-order valence-electron chi connectivity index (χ3n) is 8.44. The Hall–Kier alpha value is -3.25. The van der Waals surface area contributed by atoms with E-state index in [4.69, 9.17) is 0 Å². The minimum atomic E-state index is -4.68. The Labute approximate surface area is 222 Å². The molecular weight excluding hydrogens is 485 g/mol. The highest BCUT2D eigenvalue weighted by Crippen LogP contribution is 2.56. The van der Waals surface area contributed by atoms with Gasteiger partial charge in [-0.2, -0.15) is 0 Å². The molecule has 0 saturated heterocycles. The van der Waals surface area contributed by atoms with Crippen LogP contribution >= 0.6 is 0 Å². The molecule has 198 valence electrons. The van der Waals surface area contributed by atoms with E-state index < -0.39 is 6.36 Å². The number of aryl methyl sites for hydroxylation is 1. The number of rotatable bonds is 8. The summed E-state index contributed by atoms with van der Waals surface area (Å²) < 4.78 is 41.8. The second-order valence-electron chi connectivity index (χ2n) is 11.0. The number of halogens is 3. The fraction of sp³-hybridized carbons (Fsp3) is 0.375. The van der Waals surface area contributed by atoms with Gasteiger partial charge in [0, 0.05) is 37.4 Å². The zero-order valence-electron chi connectivity index (χ0n) is 21.6. The highest BCUT2D eigenvalue weighted by Gasteiger charge is 2.46. The summed E-state index contributed by atoms with van der Waals surface area (Å²) in [4.78, 5) is 2.39. The number of hydrogen-bond acceptors (Lipinski definition) is 3. The molecular formula is C32H33F3N2O. The molecule has 3 aromatic carbocycles. The molecule has 6 heteroatoms. The largest absolute Gasteiger partial charge is 0.573 e. The van der Waals surface area contributed by atoms with Crippen LogP contribution in [0.2, 0.25) is 0 Å². The first-order valence-corrected chi connectivity index (χ1v) is 13.5. The van der Waals surface area contributed by atoms with Crippen LogP contribution in [0.4, 0.5) is 13.2 Å². The number of fused-ring (bicyclic) bond motifs is 2. The van der Waals surface area contributed by atoms with Crippen molar-refractivity contribution in [3.63, 3.8) is 0 Å². The van der Waals surface area contributed by atoms with E-state index in [0.717, 1.165) is 37.0 Å². The van der Waals surface area contributed by atoms with Crippen LogP contribution in [0, 0.1) is 24.7 Å². The first-order valence-electron chi connectivity index (χ1n) is 13.5. The van der Waals surface area contributed by atoms with Crippen molar-refractivity contribution < 1.29 is 17.9 Å². The third kappa shape index (κ3) is 5.32. The van der Waals surface area contributed by atoms with E-state index in [1.54, 1.807) is 12.1 Å². The van der Waals surface area contributed by atoms with Crippen LogP contribution in [0.1, 0.15) is 52.6 Å². The first kappa shape index (κ1) is 25.1. The van der Waals surface area contributed by atoms with Crippen LogP contribution in [0.25, 0.3) is 5.70 Å². The van der Waals surface area contributed by atoms with E-state index in [1.807, 2.05) is 6.07 Å². The molecule has 1 aliphatic heterocycles. The van der Waals surface area contributed by atoms with Crippen LogP contribution in [0.5, 0.6) is 5.75 Å². The quantitative estimate of drug-likeness (QED) is 0.333. The van der Waals surface area contributed by atoms with Crippen molar-refractivity contribution in [2.45, 2.75) is 58.7 Å². The number of allylic oxidation sites excluding steroid dienone is 1. The van der Waals surface area contributed by atoms with Crippen molar-refractivity contribution in [3.8, 4) is 5.75 Å². The molecule has 0 amide bonds. The predicted octanol–water partition coefficient (Wildman–Crippen LogP) is 7.59. The Bertz CT molecular complexity index is 1320. The standard InChI is InChI=1S/C32H33F3N2O/c1-21-13-24(18-36-17-22-5-3-2-4-6-22)14-27-20-37(19-23-7-10-28(11-8-23)38-32(33,34)35)30(31(21)27)16-26-15-25-9-12-29(25)26/h2-8,10-11,13-14,16,25-26,29,36H,9,12,15,17-20H2,1H3/b30-16+. The van der Waals surface area contributed by atoms with Gasteiger partial charge in [0.1, 0.15) is 5.75 Å². The molecule has 38 heavy (non-hydrogen) atoms. The van der Waals surface area contributed by atoms with Gasteiger partial charge in [0.25, 0.3) is 0 Å². The monoisotopic (exact) mass is 518 g/mol. The number of ether oxygens (including phenoxy) is 1. The van der Waals surface area contributed by atoms with E-state index in [0.29, 0.717) is 12.5 Å². The Morgan fingerprint density at radius 1 is 0.947 bits per heavy atom. The van der Waals surface area contributed by atoms with Gasteiger partial charge in [-0.15, -0.1) is 13.2 Å². The number of hydrogen-bond donors (Lipinski definition) is 1. The summed E-state index contributed by atoms with van der Waals surface area (Å²) in [5.41, 5.74) is 8.73. The number of alkyl halides is 3. The maximum atomic E-state index is 12.6. The fourth-order valence-electron chi connectivity index (χ4n) is 6.45. The van der Waals surface area contributed by atoms with E-state index in [9.17, 15) is 13.2 Å². The predicted molar refractivity (Wildman–Crippen MR) is 143 cm³/mol. The van der Waals surface area contributed by atoms with E-state index in [2.05, 4.69) is 64.4 Å². The zero-order valence-corrected chi connectivity index (χ0v) is 21.6. The van der Waals surface area contributed by atoms with Gasteiger partial charge in [-0.3, -0.25) is 0 Å². The summed E-state index contributed by atoms with van der Waals surface area (Å²) in [6, 6.07) is 21.3. The maximum absolute atomic E-state index is 12.6. The molecule has 1 N–H and O–H groups in total. The minimum absolute atomic E-state index is 0.185. The Morgan fingerprint density at radius 2 is 1.71 bits per heavy atom. The summed E-state index contributed by atoms with van der Waals surface area (Å²) >= 11 is 0. The molecule has 0 bridgehead atoms. The van der Waals surface area contributed by atoms with Crippen molar-refractivity contribution in [2.24, 2.45) is 17.8 Å². The second-order valence-corrected chi connectivity index (χ2v) is 11.0. The lowest BCUT2D eigenvalue weighted by atomic mass is 9.53. The molecule has 3 nitrogen and oxygen atoms in total. The highest BCUT2D eigenvalue weighted by molar-refractivity contribution is 5.74. The van der Waals surface area contributed by atoms with E-state index in [-0.39, 0.29) is 5.75 Å². The topological polar surface area (TPSA) is 24.5 Å². The molecule has 6 rings (SSSR count). The summed E-state index contributed by atoms with van der Waals surface area (Å²) in [6.45, 7) is 5.28. The molecule has 1 heterocycles. The SMILES string of the molecule is Cc1cc(CNCc2ccccc2)cc2c1/C(=C\C1CC3CCC13)N(Cc1ccc(OC(F)(F)F)cc1)C2. The van der Waals surface area contributed by atoms with Crippen LogP contribution < -0.4 is 10.1 Å². The van der Waals surface area contributed by atoms with Crippen molar-refractivity contribution in [3.05, 3.63) is 106 Å². The maximum Gasteiger partial charge on any atom is 0.573 e. The number of benzene rings is 3. The average Bonchev–Trinajstić information content (AvgIpc) is 3.20. The molecule has 3 unspecified atom stereocenters. The van der Waals surface area contributed by atoms with Gasteiger partial charge < -0.3 is 15.0 Å². The lowest BCUT2D eigenvalue weighted by Gasteiger charge is -2.52. The molecule has 0 spiro atoms. The van der Waals surface area contributed by atoms with Crippen molar-refractivity contribution in [1.29, 1.82) is 0 Å².